The topological polar surface area (TPSA) is 3.24 Å². The van der Waals surface area contributed by atoms with Crippen LogP contribution in [0.2, 0.25) is 0 Å². The Labute approximate surface area is 416 Å². The molecule has 13 rings (SSSR count). The minimum atomic E-state index is -0.361. The predicted molar refractivity (Wildman–Crippen MR) is 301 cm³/mol. The van der Waals surface area contributed by atoms with Gasteiger partial charge in [-0.2, -0.15) is 0 Å². The zero-order valence-electron chi connectivity index (χ0n) is 39.5. The van der Waals surface area contributed by atoms with Crippen LogP contribution in [0.4, 0.5) is 17.1 Å². The van der Waals surface area contributed by atoms with Crippen LogP contribution in [0.5, 0.6) is 0 Å². The molecule has 0 heterocycles. The van der Waals surface area contributed by atoms with E-state index in [9.17, 15) is 0 Å². The lowest BCUT2D eigenvalue weighted by molar-refractivity contribution is 0.714. The van der Waals surface area contributed by atoms with Crippen molar-refractivity contribution in [2.24, 2.45) is 0 Å². The van der Waals surface area contributed by atoms with E-state index >= 15 is 0 Å². The lowest BCUT2D eigenvalue weighted by atomic mass is 9.74. The first-order valence-corrected chi connectivity index (χ1v) is 24.7. The summed E-state index contributed by atoms with van der Waals surface area (Å²) in [6.45, 7) is 2.40. The molecule has 0 aromatic heterocycles. The molecule has 0 N–H and O–H groups in total. The highest BCUT2D eigenvalue weighted by Crippen LogP contribution is 2.57. The molecule has 0 fully saturated rings. The molecule has 334 valence electrons. The van der Waals surface area contributed by atoms with Gasteiger partial charge in [0, 0.05) is 22.2 Å². The van der Waals surface area contributed by atoms with E-state index in [-0.39, 0.29) is 5.41 Å². The second-order valence-electron chi connectivity index (χ2n) is 18.9. The molecule has 1 aliphatic rings. The molecule has 12 aromatic rings. The van der Waals surface area contributed by atoms with Crippen LogP contribution in [-0.4, -0.2) is 0 Å². The van der Waals surface area contributed by atoms with Gasteiger partial charge in [-0.25, -0.2) is 0 Å². The second-order valence-corrected chi connectivity index (χ2v) is 18.9. The molecular formula is C70H49N. The van der Waals surface area contributed by atoms with Crippen LogP contribution in [0, 0.1) is 0 Å². The van der Waals surface area contributed by atoms with E-state index in [4.69, 9.17) is 0 Å². The number of nitrogens with zero attached hydrogens (tertiary/aromatic N) is 1. The molecular weight excluding hydrogens is 855 g/mol. The zero-order valence-corrected chi connectivity index (χ0v) is 39.5. The Morgan fingerprint density at radius 3 is 1.46 bits per heavy atom. The largest absolute Gasteiger partial charge is 0.309 e. The molecule has 1 heteroatoms. The van der Waals surface area contributed by atoms with Crippen molar-refractivity contribution in [3.8, 4) is 66.8 Å². The van der Waals surface area contributed by atoms with E-state index in [1.165, 1.54) is 82.7 Å². The van der Waals surface area contributed by atoms with Crippen LogP contribution in [-0.2, 0) is 5.41 Å². The van der Waals surface area contributed by atoms with E-state index in [0.29, 0.717) is 0 Å². The van der Waals surface area contributed by atoms with Gasteiger partial charge in [0.2, 0.25) is 0 Å². The molecule has 12 aromatic carbocycles. The monoisotopic (exact) mass is 903 g/mol. The van der Waals surface area contributed by atoms with Gasteiger partial charge in [-0.05, 0) is 137 Å². The number of fused-ring (bicyclic) bond motifs is 6. The first-order valence-electron chi connectivity index (χ1n) is 24.7. The van der Waals surface area contributed by atoms with Crippen molar-refractivity contribution in [2.75, 3.05) is 4.90 Å². The van der Waals surface area contributed by atoms with Gasteiger partial charge in [0.05, 0.1) is 11.4 Å². The third-order valence-electron chi connectivity index (χ3n) is 14.9. The first kappa shape index (κ1) is 42.1. The smallest absolute Gasteiger partial charge is 0.0543 e. The summed E-state index contributed by atoms with van der Waals surface area (Å²) in [7, 11) is 0. The maximum Gasteiger partial charge on any atom is 0.0543 e. The van der Waals surface area contributed by atoms with Crippen LogP contribution in [0.3, 0.4) is 0 Å². The molecule has 1 aliphatic carbocycles. The van der Waals surface area contributed by atoms with Crippen LogP contribution < -0.4 is 4.90 Å². The summed E-state index contributed by atoms with van der Waals surface area (Å²) in [6, 6.07) is 103. The average molecular weight is 904 g/mol. The van der Waals surface area contributed by atoms with Gasteiger partial charge >= 0.3 is 0 Å². The highest BCUT2D eigenvalue weighted by molar-refractivity contribution is 6.22. The van der Waals surface area contributed by atoms with Crippen molar-refractivity contribution in [1.29, 1.82) is 0 Å². The molecule has 1 nitrogen and oxygen atoms in total. The summed E-state index contributed by atoms with van der Waals surface area (Å²) in [5, 5.41) is 4.98. The summed E-state index contributed by atoms with van der Waals surface area (Å²) < 4.78 is 0. The van der Waals surface area contributed by atoms with Crippen molar-refractivity contribution in [3.05, 3.63) is 296 Å². The second kappa shape index (κ2) is 17.5. The maximum absolute atomic E-state index is 2.53. The van der Waals surface area contributed by atoms with E-state index in [1.807, 2.05) is 0 Å². The molecule has 71 heavy (non-hydrogen) atoms. The zero-order chi connectivity index (χ0) is 47.3. The van der Waals surface area contributed by atoms with E-state index in [0.717, 1.165) is 39.3 Å². The van der Waals surface area contributed by atoms with Crippen molar-refractivity contribution in [3.63, 3.8) is 0 Å². The summed E-state index contributed by atoms with van der Waals surface area (Å²) in [6.07, 6.45) is 0. The average Bonchev–Trinajstić information content (AvgIpc) is 3.72. The Morgan fingerprint density at radius 2 is 0.761 bits per heavy atom. The van der Waals surface area contributed by atoms with Gasteiger partial charge < -0.3 is 4.90 Å². The van der Waals surface area contributed by atoms with Crippen LogP contribution >= 0.6 is 0 Å². The Morgan fingerprint density at radius 1 is 0.268 bits per heavy atom. The van der Waals surface area contributed by atoms with Crippen LogP contribution in [0.15, 0.2) is 279 Å². The van der Waals surface area contributed by atoms with Crippen LogP contribution in [0.25, 0.3) is 88.3 Å². The Kier molecular flexibility index (Phi) is 10.4. The molecule has 0 radical (unpaired) electrons. The summed E-state index contributed by atoms with van der Waals surface area (Å²) in [5.74, 6) is 0. The number of anilines is 3. The SMILES string of the molecule is CC1(c2ccccc2)c2ccccc2-c2c(N(c3cccc(-c4ccc5c(c4)c(-c4ccccc4)c(-c4ccccc4)c4ccccc45)c3)c3ccc(-c4ccccc4)cc3-c3ccccc3)cccc21. The molecule has 0 amide bonds. The normalized spacial score (nSPS) is 13.8. The van der Waals surface area contributed by atoms with Gasteiger partial charge in [0.15, 0.2) is 0 Å². The van der Waals surface area contributed by atoms with Crippen molar-refractivity contribution in [1.82, 2.24) is 0 Å². The summed E-state index contributed by atoms with van der Waals surface area (Å²) >= 11 is 0. The number of rotatable bonds is 9. The third-order valence-corrected chi connectivity index (χ3v) is 14.9. The number of hydrogen-bond donors (Lipinski definition) is 0. The summed E-state index contributed by atoms with van der Waals surface area (Å²) in [4.78, 5) is 2.53. The first-order chi connectivity index (χ1) is 35.1. The van der Waals surface area contributed by atoms with Crippen molar-refractivity contribution in [2.45, 2.75) is 12.3 Å². The van der Waals surface area contributed by atoms with Gasteiger partial charge in [-0.15, -0.1) is 0 Å². The molecule has 0 bridgehead atoms. The highest BCUT2D eigenvalue weighted by atomic mass is 15.1. The lowest BCUT2D eigenvalue weighted by Gasteiger charge is -2.32. The van der Waals surface area contributed by atoms with Crippen molar-refractivity contribution < 1.29 is 0 Å². The third kappa shape index (κ3) is 7.08. The minimum absolute atomic E-state index is 0.361. The highest BCUT2D eigenvalue weighted by Gasteiger charge is 2.42. The Balaban J connectivity index is 1.07. The number of benzene rings is 12. The van der Waals surface area contributed by atoms with Gasteiger partial charge in [0.1, 0.15) is 0 Å². The van der Waals surface area contributed by atoms with Gasteiger partial charge in [0.25, 0.3) is 0 Å². The number of hydrogen-bond acceptors (Lipinski definition) is 1. The van der Waals surface area contributed by atoms with E-state index < -0.39 is 0 Å². The lowest BCUT2D eigenvalue weighted by Crippen LogP contribution is -2.22. The van der Waals surface area contributed by atoms with E-state index in [1.54, 1.807) is 0 Å². The quantitative estimate of drug-likeness (QED) is 0.130. The Hall–Kier alpha value is -9.04. The van der Waals surface area contributed by atoms with Gasteiger partial charge in [-0.3, -0.25) is 0 Å². The molecule has 0 spiro atoms. The van der Waals surface area contributed by atoms with Crippen molar-refractivity contribution >= 4 is 38.6 Å². The van der Waals surface area contributed by atoms with Gasteiger partial charge in [-0.1, -0.05) is 243 Å². The fourth-order valence-corrected chi connectivity index (χ4v) is 11.6. The molecule has 1 unspecified atom stereocenters. The van der Waals surface area contributed by atoms with Crippen LogP contribution in [0.1, 0.15) is 23.6 Å². The maximum atomic E-state index is 2.53. The molecule has 0 saturated carbocycles. The standard InChI is InChI=1S/C70H49N/c1-70(55-32-15-6-16-33-55)63-38-20-19-37-60(63)69-64(70)39-22-40-66(69)71(65-44-42-53(48-23-7-2-8-24-48)46-61(65)49-25-9-3-10-26-49)56-34-21-31-52(45-56)54-41-43-58-57-35-17-18-36-59(57)67(50-27-11-4-12-28-50)68(62(58)47-54)51-29-13-5-14-30-51/h2-47H,1H3. The predicted octanol–water partition coefficient (Wildman–Crippen LogP) is 19.1. The minimum Gasteiger partial charge on any atom is -0.309 e. The molecule has 0 saturated heterocycles. The fourth-order valence-electron chi connectivity index (χ4n) is 11.6. The van der Waals surface area contributed by atoms with E-state index in [2.05, 4.69) is 291 Å². The summed E-state index contributed by atoms with van der Waals surface area (Å²) in [5.41, 5.74) is 21.3. The molecule has 0 aliphatic heterocycles. The molecule has 1 atom stereocenters. The Bertz CT molecular complexity index is 3920. The fraction of sp³-hybridized carbons (Fsp3) is 0.0286.